The molecule has 0 fully saturated rings. The molecule has 0 amide bonds. The molecule has 3 aliphatic rings. The second-order valence-corrected chi connectivity index (χ2v) is 15.6. The number of para-hydroxylation sites is 3. The lowest BCUT2D eigenvalue weighted by molar-refractivity contribution is 0.436. The van der Waals surface area contributed by atoms with Crippen molar-refractivity contribution in [2.24, 2.45) is 0 Å². The molecule has 12 rings (SSSR count). The molecule has 1 aliphatic heterocycles. The maximum Gasteiger partial charge on any atom is 0.135 e. The third kappa shape index (κ3) is 4.00. The highest BCUT2D eigenvalue weighted by molar-refractivity contribution is 6.06. The summed E-state index contributed by atoms with van der Waals surface area (Å²) < 4.78 is 13.0. The molecule has 0 unspecified atom stereocenters. The summed E-state index contributed by atoms with van der Waals surface area (Å²) in [6, 6.07) is 64.0. The van der Waals surface area contributed by atoms with Crippen molar-refractivity contribution in [3.63, 3.8) is 0 Å². The van der Waals surface area contributed by atoms with Crippen LogP contribution in [0.25, 0.3) is 44.2 Å². The Hall–Kier alpha value is -6.84. The lowest BCUT2D eigenvalue weighted by atomic mass is 9.66. The van der Waals surface area contributed by atoms with E-state index in [-0.39, 0.29) is 5.41 Å². The second-order valence-electron chi connectivity index (χ2n) is 15.6. The van der Waals surface area contributed by atoms with Gasteiger partial charge in [-0.2, -0.15) is 0 Å². The molecule has 0 radical (unpaired) electrons. The molecule has 0 atom stereocenters. The number of anilines is 3. The Morgan fingerprint density at radius 3 is 1.60 bits per heavy atom. The van der Waals surface area contributed by atoms with Gasteiger partial charge in [0.05, 0.1) is 5.41 Å². The van der Waals surface area contributed by atoms with Crippen molar-refractivity contribution in [3.8, 4) is 33.8 Å². The highest BCUT2D eigenvalue weighted by Gasteiger charge is 2.51. The molecule has 9 aromatic rings. The Bertz CT molecular complexity index is 3030. The monoisotopic (exact) mass is 705 g/mol. The topological polar surface area (TPSA) is 25.6 Å². The van der Waals surface area contributed by atoms with E-state index in [0.29, 0.717) is 0 Å². The molecule has 0 saturated heterocycles. The zero-order valence-electron chi connectivity index (χ0n) is 30.5. The van der Waals surface area contributed by atoms with E-state index in [0.717, 1.165) is 61.6 Å². The number of fused-ring (bicyclic) bond motifs is 15. The first-order chi connectivity index (χ1) is 27.0. The first kappa shape index (κ1) is 30.6. The molecule has 1 spiro atoms. The largest absolute Gasteiger partial charge is 0.457 e. The molecular formula is C52H35NO2. The van der Waals surface area contributed by atoms with Crippen molar-refractivity contribution in [3.05, 3.63) is 209 Å². The van der Waals surface area contributed by atoms with Crippen molar-refractivity contribution in [1.82, 2.24) is 0 Å². The standard InChI is InChI=1S/C52H35NO2/c1-51(2)41-16-6-3-13-35(41)37-26-23-33(30-45(37)51)53(32-25-28-48-40(29-32)39-15-5-10-20-47(39)54-48)34-24-27-38-36-14-4-7-17-42(36)52(46(38)31-34)43-18-8-11-21-49(43)55-50-22-12-9-19-44(50)52/h3-31H,1-2H3. The minimum atomic E-state index is -0.564. The van der Waals surface area contributed by atoms with Crippen LogP contribution >= 0.6 is 0 Å². The molecule has 55 heavy (non-hydrogen) atoms. The fourth-order valence-electron chi connectivity index (χ4n) is 10.1. The molecule has 3 nitrogen and oxygen atoms in total. The Kier molecular flexibility index (Phi) is 6.05. The van der Waals surface area contributed by atoms with Gasteiger partial charge in [-0.15, -0.1) is 0 Å². The molecule has 0 bridgehead atoms. The highest BCUT2D eigenvalue weighted by Crippen LogP contribution is 2.63. The number of benzene rings is 8. The van der Waals surface area contributed by atoms with E-state index >= 15 is 0 Å². The number of ether oxygens (including phenoxy) is 1. The van der Waals surface area contributed by atoms with Crippen molar-refractivity contribution >= 4 is 39.0 Å². The van der Waals surface area contributed by atoms with Crippen LogP contribution in [0, 0.1) is 0 Å². The predicted octanol–water partition coefficient (Wildman–Crippen LogP) is 13.8. The van der Waals surface area contributed by atoms with Crippen LogP contribution in [0.15, 0.2) is 180 Å². The van der Waals surface area contributed by atoms with Crippen LogP contribution in [0.5, 0.6) is 11.5 Å². The van der Waals surface area contributed by atoms with Crippen molar-refractivity contribution in [2.45, 2.75) is 24.7 Å². The van der Waals surface area contributed by atoms with E-state index in [1.165, 1.54) is 44.5 Å². The summed E-state index contributed by atoms with van der Waals surface area (Å²) in [4.78, 5) is 2.44. The molecule has 2 heterocycles. The van der Waals surface area contributed by atoms with E-state index < -0.39 is 5.41 Å². The van der Waals surface area contributed by atoms with Crippen molar-refractivity contribution in [1.29, 1.82) is 0 Å². The van der Waals surface area contributed by atoms with Gasteiger partial charge in [0.2, 0.25) is 0 Å². The molecule has 0 saturated carbocycles. The maximum atomic E-state index is 6.65. The average Bonchev–Trinajstić information content (AvgIpc) is 3.82. The van der Waals surface area contributed by atoms with E-state index in [2.05, 4.69) is 183 Å². The summed E-state index contributed by atoms with van der Waals surface area (Å²) in [5, 5.41) is 2.22. The van der Waals surface area contributed by atoms with Gasteiger partial charge >= 0.3 is 0 Å². The highest BCUT2D eigenvalue weighted by atomic mass is 16.5. The molecule has 2 aliphatic carbocycles. The van der Waals surface area contributed by atoms with Crippen LogP contribution in [0.2, 0.25) is 0 Å². The molecule has 260 valence electrons. The quantitative estimate of drug-likeness (QED) is 0.183. The number of rotatable bonds is 3. The van der Waals surface area contributed by atoms with Gasteiger partial charge in [0.15, 0.2) is 0 Å². The molecule has 3 heteroatoms. The van der Waals surface area contributed by atoms with Crippen LogP contribution in [0.1, 0.15) is 47.2 Å². The van der Waals surface area contributed by atoms with Gasteiger partial charge in [-0.1, -0.05) is 129 Å². The SMILES string of the molecule is CC1(C)c2ccccc2-c2ccc(N(c3ccc4c(c3)C3(c5ccccc5Oc5ccccc53)c3ccccc3-4)c3ccc4oc5ccccc5c4c3)cc21. The van der Waals surface area contributed by atoms with Crippen molar-refractivity contribution in [2.75, 3.05) is 4.90 Å². The summed E-state index contributed by atoms with van der Waals surface area (Å²) in [5.74, 6) is 1.78. The normalized spacial score (nSPS) is 14.8. The summed E-state index contributed by atoms with van der Waals surface area (Å²) >= 11 is 0. The van der Waals surface area contributed by atoms with Crippen LogP contribution in [-0.2, 0) is 10.8 Å². The maximum absolute atomic E-state index is 6.65. The summed E-state index contributed by atoms with van der Waals surface area (Å²) in [7, 11) is 0. The second kappa shape index (κ2) is 10.9. The van der Waals surface area contributed by atoms with Gasteiger partial charge in [-0.05, 0) is 105 Å². The van der Waals surface area contributed by atoms with Gasteiger partial charge in [0.1, 0.15) is 22.7 Å². The Balaban J connectivity index is 1.14. The van der Waals surface area contributed by atoms with Gasteiger partial charge < -0.3 is 14.1 Å². The fourth-order valence-corrected chi connectivity index (χ4v) is 10.1. The lowest BCUT2D eigenvalue weighted by Crippen LogP contribution is -2.32. The van der Waals surface area contributed by atoms with E-state index in [9.17, 15) is 0 Å². The summed E-state index contributed by atoms with van der Waals surface area (Å²) in [5.41, 5.74) is 17.0. The summed E-state index contributed by atoms with van der Waals surface area (Å²) in [6.45, 7) is 4.71. The Morgan fingerprint density at radius 2 is 0.873 bits per heavy atom. The van der Waals surface area contributed by atoms with Gasteiger partial charge in [0, 0.05) is 44.4 Å². The molecule has 1 aromatic heterocycles. The molecule has 8 aromatic carbocycles. The van der Waals surface area contributed by atoms with Crippen molar-refractivity contribution < 1.29 is 9.15 Å². The smallest absolute Gasteiger partial charge is 0.135 e. The first-order valence-corrected chi connectivity index (χ1v) is 19.1. The van der Waals surface area contributed by atoms with Crippen LogP contribution in [0.4, 0.5) is 17.1 Å². The zero-order valence-corrected chi connectivity index (χ0v) is 30.5. The Labute approximate surface area is 319 Å². The molecular weight excluding hydrogens is 671 g/mol. The number of hydrogen-bond donors (Lipinski definition) is 0. The minimum Gasteiger partial charge on any atom is -0.457 e. The van der Waals surface area contributed by atoms with Gasteiger partial charge in [-0.3, -0.25) is 0 Å². The minimum absolute atomic E-state index is 0.141. The number of furan rings is 1. The molecule has 0 N–H and O–H groups in total. The predicted molar refractivity (Wildman–Crippen MR) is 223 cm³/mol. The number of nitrogens with zero attached hydrogens (tertiary/aromatic N) is 1. The third-order valence-corrected chi connectivity index (χ3v) is 12.5. The fraction of sp³-hybridized carbons (Fsp3) is 0.0769. The van der Waals surface area contributed by atoms with Crippen LogP contribution in [-0.4, -0.2) is 0 Å². The zero-order chi connectivity index (χ0) is 36.5. The average molecular weight is 706 g/mol. The third-order valence-electron chi connectivity index (χ3n) is 12.5. The number of hydrogen-bond acceptors (Lipinski definition) is 3. The first-order valence-electron chi connectivity index (χ1n) is 19.1. The van der Waals surface area contributed by atoms with E-state index in [4.69, 9.17) is 9.15 Å². The van der Waals surface area contributed by atoms with E-state index in [1.807, 2.05) is 12.1 Å². The summed E-state index contributed by atoms with van der Waals surface area (Å²) in [6.07, 6.45) is 0. The van der Waals surface area contributed by atoms with Gasteiger partial charge in [-0.25, -0.2) is 0 Å². The van der Waals surface area contributed by atoms with Crippen LogP contribution < -0.4 is 9.64 Å². The van der Waals surface area contributed by atoms with Gasteiger partial charge in [0.25, 0.3) is 0 Å². The Morgan fingerprint density at radius 1 is 0.382 bits per heavy atom. The lowest BCUT2D eigenvalue weighted by Gasteiger charge is -2.39. The van der Waals surface area contributed by atoms with E-state index in [1.54, 1.807) is 0 Å². The van der Waals surface area contributed by atoms with Crippen LogP contribution in [0.3, 0.4) is 0 Å².